The summed E-state index contributed by atoms with van der Waals surface area (Å²) in [5.41, 5.74) is 5.30. The van der Waals surface area contributed by atoms with E-state index < -0.39 is 24.6 Å². The van der Waals surface area contributed by atoms with Crippen LogP contribution in [0.3, 0.4) is 0 Å². The van der Waals surface area contributed by atoms with Crippen molar-refractivity contribution in [2.24, 2.45) is 5.73 Å². The molecule has 0 bridgehead atoms. The monoisotopic (exact) mass is 242 g/mol. The molecule has 0 heterocycles. The molecule has 0 aliphatic rings. The second-order valence-electron chi connectivity index (χ2n) is 3.48. The standard InChI is InChI=1S/C9H17F3N2O2/c1-14(4-3-9(10,11)12)8(15)5-7(6-13)16-2/h7H,3-6,13H2,1-2H3. The summed E-state index contributed by atoms with van der Waals surface area (Å²) in [5.74, 6) is -0.401. The average Bonchev–Trinajstić information content (AvgIpc) is 2.20. The van der Waals surface area contributed by atoms with E-state index >= 15 is 0 Å². The third kappa shape index (κ3) is 6.62. The first kappa shape index (κ1) is 15.2. The molecule has 0 aromatic heterocycles. The van der Waals surface area contributed by atoms with Gasteiger partial charge in [-0.05, 0) is 0 Å². The topological polar surface area (TPSA) is 55.6 Å². The van der Waals surface area contributed by atoms with Gasteiger partial charge in [-0.25, -0.2) is 0 Å². The van der Waals surface area contributed by atoms with E-state index in [0.717, 1.165) is 4.90 Å². The highest BCUT2D eigenvalue weighted by atomic mass is 19.4. The zero-order chi connectivity index (χ0) is 12.8. The van der Waals surface area contributed by atoms with Gasteiger partial charge in [-0.2, -0.15) is 13.2 Å². The van der Waals surface area contributed by atoms with E-state index in [9.17, 15) is 18.0 Å². The molecule has 0 rings (SSSR count). The molecule has 7 heteroatoms. The summed E-state index contributed by atoms with van der Waals surface area (Å²) < 4.78 is 40.5. The van der Waals surface area contributed by atoms with Crippen LogP contribution in [0.2, 0.25) is 0 Å². The molecule has 4 nitrogen and oxygen atoms in total. The lowest BCUT2D eigenvalue weighted by Gasteiger charge is -2.20. The van der Waals surface area contributed by atoms with E-state index in [1.807, 2.05) is 0 Å². The Kier molecular flexibility index (Phi) is 6.35. The van der Waals surface area contributed by atoms with Gasteiger partial charge in [0, 0.05) is 27.2 Å². The van der Waals surface area contributed by atoms with Crippen molar-refractivity contribution in [3.63, 3.8) is 0 Å². The first-order valence-corrected chi connectivity index (χ1v) is 4.83. The average molecular weight is 242 g/mol. The van der Waals surface area contributed by atoms with Gasteiger partial charge < -0.3 is 15.4 Å². The molecule has 0 aliphatic heterocycles. The van der Waals surface area contributed by atoms with E-state index in [2.05, 4.69) is 0 Å². The molecular formula is C9H17F3N2O2. The number of nitrogens with zero attached hydrogens (tertiary/aromatic N) is 1. The van der Waals surface area contributed by atoms with Gasteiger partial charge in [0.1, 0.15) is 0 Å². The van der Waals surface area contributed by atoms with Crippen molar-refractivity contribution in [3.05, 3.63) is 0 Å². The predicted octanol–water partition coefficient (Wildman–Crippen LogP) is 0.761. The van der Waals surface area contributed by atoms with Crippen molar-refractivity contribution < 1.29 is 22.7 Å². The fourth-order valence-electron chi connectivity index (χ4n) is 1.03. The number of carbonyl (C=O) groups excluding carboxylic acids is 1. The highest BCUT2D eigenvalue weighted by Crippen LogP contribution is 2.19. The normalized spacial score (nSPS) is 13.6. The Balaban J connectivity index is 3.99. The van der Waals surface area contributed by atoms with Gasteiger partial charge in [0.05, 0.1) is 18.9 Å². The molecule has 16 heavy (non-hydrogen) atoms. The summed E-state index contributed by atoms with van der Waals surface area (Å²) in [7, 11) is 2.73. The lowest BCUT2D eigenvalue weighted by atomic mass is 10.2. The van der Waals surface area contributed by atoms with Crippen LogP contribution in [0, 0.1) is 0 Å². The van der Waals surface area contributed by atoms with Crippen molar-refractivity contribution in [2.75, 3.05) is 27.2 Å². The second kappa shape index (κ2) is 6.70. The Bertz CT molecular complexity index is 217. The van der Waals surface area contributed by atoms with Crippen molar-refractivity contribution in [2.45, 2.75) is 25.1 Å². The number of alkyl halides is 3. The Morgan fingerprint density at radius 3 is 2.44 bits per heavy atom. The SMILES string of the molecule is COC(CN)CC(=O)N(C)CCC(F)(F)F. The quantitative estimate of drug-likeness (QED) is 0.748. The van der Waals surface area contributed by atoms with Gasteiger partial charge in [0.25, 0.3) is 0 Å². The van der Waals surface area contributed by atoms with Crippen LogP contribution in [-0.2, 0) is 9.53 Å². The van der Waals surface area contributed by atoms with Crippen LogP contribution in [0.1, 0.15) is 12.8 Å². The number of carbonyl (C=O) groups is 1. The number of nitrogens with two attached hydrogens (primary N) is 1. The molecular weight excluding hydrogens is 225 g/mol. The maximum Gasteiger partial charge on any atom is 0.390 e. The molecule has 0 saturated heterocycles. The molecule has 1 atom stereocenters. The van der Waals surface area contributed by atoms with E-state index in [-0.39, 0.29) is 19.5 Å². The fraction of sp³-hybridized carbons (Fsp3) is 0.889. The Hall–Kier alpha value is -0.820. The fourth-order valence-corrected chi connectivity index (χ4v) is 1.03. The molecule has 0 aromatic carbocycles. The minimum Gasteiger partial charge on any atom is -0.380 e. The van der Waals surface area contributed by atoms with Gasteiger partial charge in [-0.1, -0.05) is 0 Å². The molecule has 2 N–H and O–H groups in total. The maximum absolute atomic E-state index is 11.9. The number of rotatable bonds is 6. The van der Waals surface area contributed by atoms with Crippen LogP contribution >= 0.6 is 0 Å². The molecule has 1 unspecified atom stereocenters. The summed E-state index contributed by atoms with van der Waals surface area (Å²) in [6, 6.07) is 0. The smallest absolute Gasteiger partial charge is 0.380 e. The third-order valence-corrected chi connectivity index (χ3v) is 2.15. The van der Waals surface area contributed by atoms with Crippen molar-refractivity contribution in [1.82, 2.24) is 4.90 Å². The third-order valence-electron chi connectivity index (χ3n) is 2.15. The van der Waals surface area contributed by atoms with Gasteiger partial charge in [0.15, 0.2) is 0 Å². The molecule has 0 aliphatic carbocycles. The summed E-state index contributed by atoms with van der Waals surface area (Å²) >= 11 is 0. The Morgan fingerprint density at radius 2 is 2.06 bits per heavy atom. The number of amides is 1. The van der Waals surface area contributed by atoms with Crippen LogP contribution in [0.5, 0.6) is 0 Å². The largest absolute Gasteiger partial charge is 0.390 e. The first-order valence-electron chi connectivity index (χ1n) is 4.83. The second-order valence-corrected chi connectivity index (χ2v) is 3.48. The van der Waals surface area contributed by atoms with E-state index in [1.54, 1.807) is 0 Å². The summed E-state index contributed by atoms with van der Waals surface area (Å²) in [5, 5.41) is 0. The van der Waals surface area contributed by atoms with Gasteiger partial charge in [0.2, 0.25) is 5.91 Å². The number of methoxy groups -OCH3 is 1. The molecule has 0 aromatic rings. The lowest BCUT2D eigenvalue weighted by Crippen LogP contribution is -2.35. The lowest BCUT2D eigenvalue weighted by molar-refractivity contribution is -0.145. The molecule has 0 fully saturated rings. The van der Waals surface area contributed by atoms with Crippen LogP contribution in [0.15, 0.2) is 0 Å². The van der Waals surface area contributed by atoms with Crippen molar-refractivity contribution in [3.8, 4) is 0 Å². The van der Waals surface area contributed by atoms with Crippen molar-refractivity contribution in [1.29, 1.82) is 0 Å². The highest BCUT2D eigenvalue weighted by molar-refractivity contribution is 5.76. The van der Waals surface area contributed by atoms with Crippen LogP contribution in [-0.4, -0.2) is 50.3 Å². The van der Waals surface area contributed by atoms with E-state index in [1.165, 1.54) is 14.2 Å². The van der Waals surface area contributed by atoms with Gasteiger partial charge in [-0.3, -0.25) is 4.79 Å². The maximum atomic E-state index is 11.9. The molecule has 1 amide bonds. The van der Waals surface area contributed by atoms with Crippen LogP contribution < -0.4 is 5.73 Å². The van der Waals surface area contributed by atoms with Gasteiger partial charge >= 0.3 is 6.18 Å². The Morgan fingerprint density at radius 1 is 1.50 bits per heavy atom. The van der Waals surface area contributed by atoms with Crippen LogP contribution in [0.4, 0.5) is 13.2 Å². The van der Waals surface area contributed by atoms with Crippen LogP contribution in [0.25, 0.3) is 0 Å². The molecule has 96 valence electrons. The Labute approximate surface area is 92.5 Å². The number of hydrogen-bond acceptors (Lipinski definition) is 3. The minimum atomic E-state index is -4.25. The number of halogens is 3. The first-order chi connectivity index (χ1) is 7.30. The number of hydrogen-bond donors (Lipinski definition) is 1. The molecule has 0 spiro atoms. The number of ether oxygens (including phenoxy) is 1. The minimum absolute atomic E-state index is 0.00135. The summed E-state index contributed by atoms with van der Waals surface area (Å²) in [4.78, 5) is 12.4. The zero-order valence-corrected chi connectivity index (χ0v) is 9.38. The van der Waals surface area contributed by atoms with Gasteiger partial charge in [-0.15, -0.1) is 0 Å². The zero-order valence-electron chi connectivity index (χ0n) is 9.38. The molecule has 0 saturated carbocycles. The van der Waals surface area contributed by atoms with E-state index in [4.69, 9.17) is 10.5 Å². The summed E-state index contributed by atoms with van der Waals surface area (Å²) in [6.07, 6.45) is -5.69. The van der Waals surface area contributed by atoms with E-state index in [0.29, 0.717) is 0 Å². The van der Waals surface area contributed by atoms with Crippen molar-refractivity contribution >= 4 is 5.91 Å². The predicted molar refractivity (Wildman–Crippen MR) is 52.8 cm³/mol. The highest BCUT2D eigenvalue weighted by Gasteiger charge is 2.28. The summed E-state index contributed by atoms with van der Waals surface area (Å²) in [6.45, 7) is -0.182. The molecule has 0 radical (unpaired) electrons.